The Labute approximate surface area is 69.3 Å². The quantitative estimate of drug-likeness (QED) is 0.607. The average molecular weight is 183 g/mol. The number of ether oxygens (including phenoxy) is 1. The van der Waals surface area contributed by atoms with E-state index in [1.807, 2.05) is 0 Å². The summed E-state index contributed by atoms with van der Waals surface area (Å²) >= 11 is 0. The summed E-state index contributed by atoms with van der Waals surface area (Å²) in [6.07, 6.45) is -4.11. The van der Waals surface area contributed by atoms with Crippen LogP contribution >= 0.6 is 0 Å². The van der Waals surface area contributed by atoms with Crippen molar-refractivity contribution in [3.8, 4) is 0 Å². The van der Waals surface area contributed by atoms with Gasteiger partial charge in [0.25, 0.3) is 0 Å². The lowest BCUT2D eigenvalue weighted by Gasteiger charge is -2.33. The number of halogens is 3. The van der Waals surface area contributed by atoms with E-state index in [0.29, 0.717) is 26.3 Å². The van der Waals surface area contributed by atoms with Crippen LogP contribution in [0.4, 0.5) is 13.2 Å². The fourth-order valence-electron chi connectivity index (χ4n) is 1.17. The number of hydrogen-bond acceptors (Lipinski definition) is 2. The van der Waals surface area contributed by atoms with Gasteiger partial charge in [-0.15, -0.1) is 0 Å². The Morgan fingerprint density at radius 2 is 1.75 bits per heavy atom. The largest absolute Gasteiger partial charge is 0.403 e. The molecule has 1 fully saturated rings. The van der Waals surface area contributed by atoms with E-state index in [2.05, 4.69) is 0 Å². The van der Waals surface area contributed by atoms with Crippen LogP contribution in [-0.4, -0.2) is 43.4 Å². The first-order chi connectivity index (χ1) is 5.52. The normalized spacial score (nSPS) is 24.0. The lowest BCUT2D eigenvalue weighted by Crippen LogP contribution is -2.48. The van der Waals surface area contributed by atoms with Gasteiger partial charge in [0.15, 0.2) is 0 Å². The van der Waals surface area contributed by atoms with Crippen LogP contribution in [0.5, 0.6) is 0 Å². The molecule has 1 aliphatic heterocycles. The Bertz CT molecular complexity index is 142. The zero-order valence-electron chi connectivity index (χ0n) is 6.90. The average Bonchev–Trinajstić information content (AvgIpc) is 2.03. The molecule has 0 aromatic carbocycles. The summed E-state index contributed by atoms with van der Waals surface area (Å²) in [7, 11) is 0. The third-order valence-corrected chi connectivity index (χ3v) is 2.07. The van der Waals surface area contributed by atoms with Gasteiger partial charge < -0.3 is 4.74 Å². The molecule has 0 radical (unpaired) electrons. The number of alkyl halides is 3. The molecular weight excluding hydrogens is 171 g/mol. The zero-order valence-corrected chi connectivity index (χ0v) is 6.90. The van der Waals surface area contributed by atoms with E-state index in [-0.39, 0.29) is 0 Å². The van der Waals surface area contributed by atoms with Crippen molar-refractivity contribution in [3.63, 3.8) is 0 Å². The molecule has 0 aromatic heterocycles. The smallest absolute Gasteiger partial charge is 0.379 e. The third kappa shape index (κ3) is 2.35. The highest BCUT2D eigenvalue weighted by atomic mass is 19.4. The van der Waals surface area contributed by atoms with Crippen molar-refractivity contribution in [2.75, 3.05) is 26.3 Å². The van der Waals surface area contributed by atoms with Gasteiger partial charge in [-0.05, 0) is 6.92 Å². The molecule has 72 valence electrons. The predicted octanol–water partition coefficient (Wildman–Crippen LogP) is 1.27. The first-order valence-electron chi connectivity index (χ1n) is 3.90. The Morgan fingerprint density at radius 3 is 2.17 bits per heavy atom. The fraction of sp³-hybridized carbons (Fsp3) is 1.00. The molecule has 1 atom stereocenters. The van der Waals surface area contributed by atoms with E-state index in [1.165, 1.54) is 11.8 Å². The first kappa shape index (κ1) is 9.80. The molecule has 5 heteroatoms. The van der Waals surface area contributed by atoms with Crippen LogP contribution in [0, 0.1) is 0 Å². The van der Waals surface area contributed by atoms with Crippen molar-refractivity contribution >= 4 is 0 Å². The minimum absolute atomic E-state index is 0.376. The standard InChI is InChI=1S/C7H12F3NO/c1-6(7(8,9)10)11-2-4-12-5-3-11/h6H,2-5H2,1H3. The lowest BCUT2D eigenvalue weighted by atomic mass is 10.2. The minimum Gasteiger partial charge on any atom is -0.379 e. The van der Waals surface area contributed by atoms with Gasteiger partial charge >= 0.3 is 6.18 Å². The Kier molecular flexibility index (Phi) is 2.95. The summed E-state index contributed by atoms with van der Waals surface area (Å²) in [5, 5.41) is 0. The molecule has 1 heterocycles. The van der Waals surface area contributed by atoms with Crippen LogP contribution in [0.2, 0.25) is 0 Å². The highest BCUT2D eigenvalue weighted by Crippen LogP contribution is 2.24. The Hall–Kier alpha value is -0.290. The van der Waals surface area contributed by atoms with Crippen molar-refractivity contribution in [2.45, 2.75) is 19.1 Å². The highest BCUT2D eigenvalue weighted by molar-refractivity contribution is 4.75. The maximum atomic E-state index is 12.2. The molecule has 1 unspecified atom stereocenters. The molecule has 0 bridgehead atoms. The lowest BCUT2D eigenvalue weighted by molar-refractivity contribution is -0.186. The maximum absolute atomic E-state index is 12.2. The monoisotopic (exact) mass is 183 g/mol. The summed E-state index contributed by atoms with van der Waals surface area (Å²) in [5.74, 6) is 0. The first-order valence-corrected chi connectivity index (χ1v) is 3.90. The summed E-state index contributed by atoms with van der Waals surface area (Å²) in [4.78, 5) is 1.39. The SMILES string of the molecule is CC(N1CCOCC1)C(F)(F)F. The second kappa shape index (κ2) is 3.62. The summed E-state index contributed by atoms with van der Waals surface area (Å²) in [6.45, 7) is 2.74. The number of rotatable bonds is 1. The summed E-state index contributed by atoms with van der Waals surface area (Å²) in [5.41, 5.74) is 0. The molecule has 0 spiro atoms. The molecular formula is C7H12F3NO. The van der Waals surface area contributed by atoms with E-state index in [4.69, 9.17) is 4.74 Å². The molecule has 0 N–H and O–H groups in total. The van der Waals surface area contributed by atoms with E-state index in [0.717, 1.165) is 0 Å². The second-order valence-electron chi connectivity index (χ2n) is 2.87. The second-order valence-corrected chi connectivity index (χ2v) is 2.87. The van der Waals surface area contributed by atoms with Gasteiger partial charge in [0, 0.05) is 13.1 Å². The van der Waals surface area contributed by atoms with Gasteiger partial charge in [-0.1, -0.05) is 0 Å². The molecule has 1 rings (SSSR count). The van der Waals surface area contributed by atoms with E-state index in [1.54, 1.807) is 0 Å². The van der Waals surface area contributed by atoms with Crippen molar-refractivity contribution in [3.05, 3.63) is 0 Å². The van der Waals surface area contributed by atoms with Crippen molar-refractivity contribution in [1.29, 1.82) is 0 Å². The molecule has 12 heavy (non-hydrogen) atoms. The maximum Gasteiger partial charge on any atom is 0.403 e. The van der Waals surface area contributed by atoms with Gasteiger partial charge in [-0.3, -0.25) is 4.90 Å². The van der Waals surface area contributed by atoms with Crippen LogP contribution < -0.4 is 0 Å². The minimum atomic E-state index is -4.11. The number of nitrogens with zero attached hydrogens (tertiary/aromatic N) is 1. The van der Waals surface area contributed by atoms with E-state index in [9.17, 15) is 13.2 Å². The van der Waals surface area contributed by atoms with Crippen LogP contribution in [0.25, 0.3) is 0 Å². The van der Waals surface area contributed by atoms with Crippen LogP contribution in [0.15, 0.2) is 0 Å². The van der Waals surface area contributed by atoms with Crippen molar-refractivity contribution in [1.82, 2.24) is 4.90 Å². The summed E-state index contributed by atoms with van der Waals surface area (Å²) in [6, 6.07) is -1.35. The molecule has 1 aliphatic rings. The predicted molar refractivity (Wildman–Crippen MR) is 37.9 cm³/mol. The van der Waals surface area contributed by atoms with Gasteiger partial charge in [0.1, 0.15) is 6.04 Å². The van der Waals surface area contributed by atoms with Crippen LogP contribution in [0.3, 0.4) is 0 Å². The molecule has 0 aliphatic carbocycles. The number of morpholine rings is 1. The van der Waals surface area contributed by atoms with Crippen LogP contribution in [0.1, 0.15) is 6.92 Å². The molecule has 2 nitrogen and oxygen atoms in total. The van der Waals surface area contributed by atoms with Gasteiger partial charge in [-0.2, -0.15) is 13.2 Å². The Morgan fingerprint density at radius 1 is 1.25 bits per heavy atom. The summed E-state index contributed by atoms with van der Waals surface area (Å²) < 4.78 is 41.4. The number of hydrogen-bond donors (Lipinski definition) is 0. The van der Waals surface area contributed by atoms with Gasteiger partial charge in [-0.25, -0.2) is 0 Å². The van der Waals surface area contributed by atoms with Crippen molar-refractivity contribution in [2.24, 2.45) is 0 Å². The highest BCUT2D eigenvalue weighted by Gasteiger charge is 2.40. The van der Waals surface area contributed by atoms with Crippen molar-refractivity contribution < 1.29 is 17.9 Å². The topological polar surface area (TPSA) is 12.5 Å². The zero-order chi connectivity index (χ0) is 9.19. The third-order valence-electron chi connectivity index (χ3n) is 2.07. The fourth-order valence-corrected chi connectivity index (χ4v) is 1.17. The molecule has 0 saturated carbocycles. The molecule has 1 saturated heterocycles. The van der Waals surface area contributed by atoms with E-state index < -0.39 is 12.2 Å². The van der Waals surface area contributed by atoms with Crippen LogP contribution in [-0.2, 0) is 4.74 Å². The van der Waals surface area contributed by atoms with Gasteiger partial charge in [0.2, 0.25) is 0 Å². The van der Waals surface area contributed by atoms with Gasteiger partial charge in [0.05, 0.1) is 13.2 Å². The molecule has 0 aromatic rings. The Balaban J connectivity index is 2.45. The molecule has 0 amide bonds. The van der Waals surface area contributed by atoms with E-state index >= 15 is 0 Å².